The van der Waals surface area contributed by atoms with E-state index in [0.717, 1.165) is 5.56 Å². The molecule has 29 heavy (non-hydrogen) atoms. The van der Waals surface area contributed by atoms with Crippen molar-refractivity contribution in [1.29, 1.82) is 0 Å². The Labute approximate surface area is 170 Å². The van der Waals surface area contributed by atoms with E-state index in [1.165, 1.54) is 11.4 Å². The summed E-state index contributed by atoms with van der Waals surface area (Å²) in [4.78, 5) is 15.3. The van der Waals surface area contributed by atoms with Crippen molar-refractivity contribution in [3.63, 3.8) is 0 Å². The minimum Gasteiger partial charge on any atom is -0.496 e. The van der Waals surface area contributed by atoms with Crippen LogP contribution in [-0.4, -0.2) is 64.0 Å². The van der Waals surface area contributed by atoms with Crippen LogP contribution in [0.15, 0.2) is 53.4 Å². The summed E-state index contributed by atoms with van der Waals surface area (Å²) >= 11 is 0. The lowest BCUT2D eigenvalue weighted by Crippen LogP contribution is -2.47. The van der Waals surface area contributed by atoms with Crippen LogP contribution in [0.3, 0.4) is 0 Å². The molecule has 1 amide bonds. The molecule has 154 valence electrons. The average molecular weight is 416 g/mol. The number of amides is 1. The first-order chi connectivity index (χ1) is 14.0. The number of carbonyl (C=O) groups is 1. The molecule has 1 atom stereocenters. The van der Waals surface area contributed by atoms with Crippen molar-refractivity contribution in [2.24, 2.45) is 0 Å². The molecule has 1 fully saturated rings. The van der Waals surface area contributed by atoms with Crippen molar-refractivity contribution in [3.05, 3.63) is 59.7 Å². The summed E-state index contributed by atoms with van der Waals surface area (Å²) in [7, 11) is -0.564. The van der Waals surface area contributed by atoms with Gasteiger partial charge in [-0.2, -0.15) is 4.31 Å². The average Bonchev–Trinajstić information content (AvgIpc) is 3.26. The molecular weight excluding hydrogens is 392 g/mol. The first-order valence-corrected chi connectivity index (χ1v) is 10.9. The minimum atomic E-state index is -3.65. The maximum absolute atomic E-state index is 13.2. The topological polar surface area (TPSA) is 76.2 Å². The van der Waals surface area contributed by atoms with Gasteiger partial charge in [-0.1, -0.05) is 30.3 Å². The van der Waals surface area contributed by atoms with Gasteiger partial charge in [0.1, 0.15) is 5.75 Å². The summed E-state index contributed by atoms with van der Waals surface area (Å²) in [5.74, 6) is 0.349. The molecular formula is C21H24N2O5S. The van der Waals surface area contributed by atoms with E-state index >= 15 is 0 Å². The highest BCUT2D eigenvalue weighted by atomic mass is 32.2. The molecule has 0 saturated carbocycles. The number of para-hydroxylation sites is 1. The molecule has 1 saturated heterocycles. The summed E-state index contributed by atoms with van der Waals surface area (Å²) in [5.41, 5.74) is 0.460. The molecule has 2 aromatic carbocycles. The molecule has 2 aliphatic rings. The number of likely N-dealkylation sites (tertiary alicyclic amines) is 1. The van der Waals surface area contributed by atoms with Crippen molar-refractivity contribution in [2.75, 3.05) is 40.5 Å². The molecule has 7 nitrogen and oxygen atoms in total. The lowest BCUT2D eigenvalue weighted by atomic mass is 9.89. The third-order valence-electron chi connectivity index (χ3n) is 5.80. The Kier molecular flexibility index (Phi) is 5.10. The first-order valence-electron chi connectivity index (χ1n) is 9.49. The van der Waals surface area contributed by atoms with Gasteiger partial charge in [-0.15, -0.1) is 0 Å². The molecule has 2 aromatic rings. The predicted molar refractivity (Wildman–Crippen MR) is 107 cm³/mol. The zero-order valence-corrected chi connectivity index (χ0v) is 17.3. The molecule has 1 spiro atoms. The van der Waals surface area contributed by atoms with Gasteiger partial charge in [0.05, 0.1) is 29.7 Å². The van der Waals surface area contributed by atoms with Gasteiger partial charge in [0, 0.05) is 26.7 Å². The molecule has 0 aromatic heterocycles. The summed E-state index contributed by atoms with van der Waals surface area (Å²) < 4.78 is 38.5. The summed E-state index contributed by atoms with van der Waals surface area (Å²) in [6.07, 6.45) is 0.536. The highest BCUT2D eigenvalue weighted by molar-refractivity contribution is 7.89. The highest BCUT2D eigenvalue weighted by Crippen LogP contribution is 2.49. The van der Waals surface area contributed by atoms with E-state index in [0.29, 0.717) is 35.7 Å². The van der Waals surface area contributed by atoms with E-state index in [9.17, 15) is 13.2 Å². The van der Waals surface area contributed by atoms with Crippen molar-refractivity contribution in [1.82, 2.24) is 9.21 Å². The zero-order chi connectivity index (χ0) is 20.6. The van der Waals surface area contributed by atoms with Gasteiger partial charge in [0.15, 0.2) is 0 Å². The number of rotatable bonds is 5. The SMILES string of the molecule is COCCN1[C@]2(CCN(C(=O)c3ccccc3OC)C2)c2ccccc2S1(=O)=O. The van der Waals surface area contributed by atoms with Crippen LogP contribution < -0.4 is 4.74 Å². The maximum Gasteiger partial charge on any atom is 0.257 e. The van der Waals surface area contributed by atoms with Gasteiger partial charge in [-0.25, -0.2) is 8.42 Å². The van der Waals surface area contributed by atoms with Crippen molar-refractivity contribution in [2.45, 2.75) is 16.9 Å². The molecule has 0 radical (unpaired) electrons. The van der Waals surface area contributed by atoms with E-state index in [2.05, 4.69) is 0 Å². The lowest BCUT2D eigenvalue weighted by Gasteiger charge is -2.34. The normalized spacial score (nSPS) is 22.8. The van der Waals surface area contributed by atoms with Crippen molar-refractivity contribution < 1.29 is 22.7 Å². The number of sulfonamides is 1. The van der Waals surface area contributed by atoms with E-state index < -0.39 is 15.6 Å². The fourth-order valence-corrected chi connectivity index (χ4v) is 6.50. The Morgan fingerprint density at radius 2 is 1.83 bits per heavy atom. The van der Waals surface area contributed by atoms with Crippen molar-refractivity contribution >= 4 is 15.9 Å². The van der Waals surface area contributed by atoms with Crippen LogP contribution in [0, 0.1) is 0 Å². The molecule has 4 rings (SSSR count). The zero-order valence-electron chi connectivity index (χ0n) is 16.5. The molecule has 2 aliphatic heterocycles. The largest absolute Gasteiger partial charge is 0.496 e. The van der Waals surface area contributed by atoms with Crippen LogP contribution in [0.2, 0.25) is 0 Å². The number of methoxy groups -OCH3 is 2. The summed E-state index contributed by atoms with van der Waals surface area (Å²) in [5, 5.41) is 0. The van der Waals surface area contributed by atoms with Crippen LogP contribution in [0.1, 0.15) is 22.3 Å². The second-order valence-electron chi connectivity index (χ2n) is 7.27. The number of hydrogen-bond acceptors (Lipinski definition) is 5. The van der Waals surface area contributed by atoms with Crippen LogP contribution in [0.5, 0.6) is 5.75 Å². The van der Waals surface area contributed by atoms with Crippen LogP contribution in [0.4, 0.5) is 0 Å². The van der Waals surface area contributed by atoms with E-state index in [-0.39, 0.29) is 19.1 Å². The number of carbonyl (C=O) groups excluding carboxylic acids is 1. The molecule has 0 bridgehead atoms. The second-order valence-corrected chi connectivity index (χ2v) is 9.11. The van der Waals surface area contributed by atoms with E-state index in [1.807, 2.05) is 18.2 Å². The predicted octanol–water partition coefficient (Wildman–Crippen LogP) is 2.09. The maximum atomic E-state index is 13.2. The monoisotopic (exact) mass is 416 g/mol. The Balaban J connectivity index is 1.73. The molecule has 0 aliphatic carbocycles. The van der Waals surface area contributed by atoms with E-state index in [4.69, 9.17) is 9.47 Å². The number of benzene rings is 2. The summed E-state index contributed by atoms with van der Waals surface area (Å²) in [6, 6.07) is 14.2. The lowest BCUT2D eigenvalue weighted by molar-refractivity contribution is 0.0751. The molecule has 0 N–H and O–H groups in total. The first kappa shape index (κ1) is 19.9. The van der Waals surface area contributed by atoms with Crippen LogP contribution >= 0.6 is 0 Å². The Hall–Kier alpha value is -2.42. The second kappa shape index (κ2) is 7.44. The van der Waals surface area contributed by atoms with Gasteiger partial charge >= 0.3 is 0 Å². The Bertz CT molecular complexity index is 1040. The number of hydrogen-bond donors (Lipinski definition) is 0. The van der Waals surface area contributed by atoms with Gasteiger partial charge in [-0.05, 0) is 30.2 Å². The van der Waals surface area contributed by atoms with Crippen LogP contribution in [-0.2, 0) is 20.3 Å². The molecule has 0 unspecified atom stereocenters. The van der Waals surface area contributed by atoms with E-state index in [1.54, 1.807) is 42.3 Å². The molecule has 2 heterocycles. The fraction of sp³-hybridized carbons (Fsp3) is 0.381. The van der Waals surface area contributed by atoms with Crippen LogP contribution in [0.25, 0.3) is 0 Å². The van der Waals surface area contributed by atoms with Gasteiger partial charge in [0.25, 0.3) is 5.91 Å². The minimum absolute atomic E-state index is 0.159. The standard InChI is InChI=1S/C21H24N2O5S/c1-27-14-13-23-21(17-8-4-6-10-19(17)29(23,25)26)11-12-22(15-21)20(24)16-7-3-5-9-18(16)28-2/h3-10H,11-15H2,1-2H3/t21-/m0/s1. The Morgan fingerprint density at radius 1 is 1.10 bits per heavy atom. The highest BCUT2D eigenvalue weighted by Gasteiger charge is 2.57. The summed E-state index contributed by atoms with van der Waals surface area (Å²) in [6.45, 7) is 1.29. The van der Waals surface area contributed by atoms with Crippen molar-refractivity contribution in [3.8, 4) is 5.75 Å². The number of nitrogens with zero attached hydrogens (tertiary/aromatic N) is 2. The van der Waals surface area contributed by atoms with Gasteiger partial charge in [-0.3, -0.25) is 4.79 Å². The fourth-order valence-electron chi connectivity index (χ4n) is 4.45. The van der Waals surface area contributed by atoms with Gasteiger partial charge < -0.3 is 14.4 Å². The third-order valence-corrected chi connectivity index (χ3v) is 7.83. The number of ether oxygens (including phenoxy) is 2. The smallest absolute Gasteiger partial charge is 0.257 e. The number of fused-ring (bicyclic) bond motifs is 2. The van der Waals surface area contributed by atoms with Gasteiger partial charge in [0.2, 0.25) is 10.0 Å². The molecule has 8 heteroatoms. The Morgan fingerprint density at radius 3 is 2.59 bits per heavy atom. The third kappa shape index (κ3) is 3.02. The quantitative estimate of drug-likeness (QED) is 0.746.